The third kappa shape index (κ3) is 7.93. The van der Waals surface area contributed by atoms with Crippen molar-refractivity contribution in [1.82, 2.24) is 15.1 Å². The number of rotatable bonds is 14. The van der Waals surface area contributed by atoms with Gasteiger partial charge < -0.3 is 30.4 Å². The van der Waals surface area contributed by atoms with E-state index in [0.717, 1.165) is 6.07 Å². The Morgan fingerprint density at radius 1 is 1.14 bits per heavy atom. The fraction of sp³-hybridized carbons (Fsp3) is 0.393. The lowest BCUT2D eigenvalue weighted by Crippen LogP contribution is -2.28. The van der Waals surface area contributed by atoms with Gasteiger partial charge in [0.15, 0.2) is 11.6 Å². The summed E-state index contributed by atoms with van der Waals surface area (Å²) in [4.78, 5) is 25.3. The van der Waals surface area contributed by atoms with Crippen molar-refractivity contribution < 1.29 is 36.4 Å². The Kier molecular flexibility index (Phi) is 10.1. The molecule has 0 aliphatic heterocycles. The molecule has 0 unspecified atom stereocenters. The first-order chi connectivity index (χ1) is 20.6. The van der Waals surface area contributed by atoms with Crippen LogP contribution >= 0.6 is 0 Å². The molecule has 0 spiro atoms. The van der Waals surface area contributed by atoms with Gasteiger partial charge in [0.05, 0.1) is 44.2 Å². The van der Waals surface area contributed by atoms with Crippen LogP contribution in [0.25, 0.3) is 11.1 Å². The van der Waals surface area contributed by atoms with Crippen molar-refractivity contribution in [2.75, 3.05) is 44.1 Å². The minimum Gasteiger partial charge on any atom is -0.403 e. The van der Waals surface area contributed by atoms with Crippen molar-refractivity contribution in [2.45, 2.75) is 37.8 Å². The van der Waals surface area contributed by atoms with E-state index in [2.05, 4.69) is 30.8 Å². The predicted octanol–water partition coefficient (Wildman–Crippen LogP) is 4.38. The number of hydrogen-bond donors (Lipinski definition) is 3. The van der Waals surface area contributed by atoms with Crippen LogP contribution in [0.5, 0.6) is 0 Å². The lowest BCUT2D eigenvalue weighted by molar-refractivity contribution is -0.165. The highest BCUT2D eigenvalue weighted by molar-refractivity contribution is 6.00. The Morgan fingerprint density at radius 2 is 1.88 bits per heavy atom. The van der Waals surface area contributed by atoms with Crippen molar-refractivity contribution >= 4 is 23.4 Å². The third-order valence-corrected chi connectivity index (χ3v) is 6.75. The van der Waals surface area contributed by atoms with E-state index in [9.17, 15) is 22.4 Å². The monoisotopic (exact) mass is 605 g/mol. The average molecular weight is 606 g/mol. The lowest BCUT2D eigenvalue weighted by Gasteiger charge is -2.14. The van der Waals surface area contributed by atoms with Gasteiger partial charge in [-0.3, -0.25) is 9.79 Å². The Labute approximate surface area is 244 Å². The van der Waals surface area contributed by atoms with E-state index in [1.165, 1.54) is 30.7 Å². The second-order valence-electron chi connectivity index (χ2n) is 9.76. The Bertz CT molecular complexity index is 1470. The van der Waals surface area contributed by atoms with Gasteiger partial charge in [-0.05, 0) is 37.0 Å². The van der Waals surface area contributed by atoms with Crippen LogP contribution in [0.2, 0.25) is 0 Å². The molecule has 230 valence electrons. The molecule has 2 aromatic heterocycles. The first-order valence-corrected chi connectivity index (χ1v) is 13.3. The quantitative estimate of drug-likeness (QED) is 0.138. The molecule has 3 aromatic rings. The van der Waals surface area contributed by atoms with Crippen molar-refractivity contribution in [2.24, 2.45) is 10.7 Å². The summed E-state index contributed by atoms with van der Waals surface area (Å²) in [6.07, 6.45) is -0.709. The standard InChI is InChI=1S/C28H31F4N7O4/c1-17(34-7-8-42-10-9-41-2)22(14-33)37-26-35-15-20(16-36-26)18-3-4-19(21(29)11-18)12-25(40)38-24-13-23(43-39-24)27(5-6-27)28(30,31)32/h3-4,11,13-16H,5-10,12,33H2,1-2H3,(H,35,36,37)(H,38,39,40). The van der Waals surface area contributed by atoms with E-state index in [4.69, 9.17) is 19.7 Å². The van der Waals surface area contributed by atoms with Gasteiger partial charge in [-0.25, -0.2) is 14.4 Å². The highest BCUT2D eigenvalue weighted by Gasteiger charge is 2.66. The molecule has 1 aliphatic carbocycles. The molecular weight excluding hydrogens is 574 g/mol. The highest BCUT2D eigenvalue weighted by atomic mass is 19.4. The third-order valence-electron chi connectivity index (χ3n) is 6.75. The molecule has 4 N–H and O–H groups in total. The molecule has 4 rings (SSSR count). The van der Waals surface area contributed by atoms with Gasteiger partial charge in [0, 0.05) is 37.3 Å². The maximum Gasteiger partial charge on any atom is 0.401 e. The summed E-state index contributed by atoms with van der Waals surface area (Å²) in [6.45, 7) is 3.62. The Hall–Kier alpha value is -4.37. The van der Waals surface area contributed by atoms with Crippen LogP contribution < -0.4 is 16.4 Å². The number of aliphatic imine (C=N–C) groups is 1. The second-order valence-corrected chi connectivity index (χ2v) is 9.76. The van der Waals surface area contributed by atoms with Gasteiger partial charge in [-0.15, -0.1) is 0 Å². The molecule has 2 heterocycles. The van der Waals surface area contributed by atoms with Gasteiger partial charge in [-0.1, -0.05) is 17.3 Å². The van der Waals surface area contributed by atoms with Gasteiger partial charge in [-0.2, -0.15) is 13.2 Å². The number of anilines is 2. The summed E-state index contributed by atoms with van der Waals surface area (Å²) in [6, 6.07) is 5.32. The van der Waals surface area contributed by atoms with Gasteiger partial charge >= 0.3 is 6.18 Å². The van der Waals surface area contributed by atoms with E-state index >= 15 is 0 Å². The first-order valence-electron chi connectivity index (χ1n) is 13.3. The maximum atomic E-state index is 14.9. The van der Waals surface area contributed by atoms with Gasteiger partial charge in [0.25, 0.3) is 0 Å². The van der Waals surface area contributed by atoms with Gasteiger partial charge in [0.2, 0.25) is 11.9 Å². The summed E-state index contributed by atoms with van der Waals surface area (Å²) < 4.78 is 69.9. The number of alkyl halides is 3. The van der Waals surface area contributed by atoms with Crippen molar-refractivity contribution in [3.63, 3.8) is 0 Å². The minimum atomic E-state index is -4.47. The number of nitrogens with two attached hydrogens (primary N) is 1. The first kappa shape index (κ1) is 31.6. The number of halogens is 4. The maximum absolute atomic E-state index is 14.9. The molecule has 1 saturated carbocycles. The molecule has 1 fully saturated rings. The SMILES string of the molecule is COCCOCCN=C(C)C(=CN)Nc1ncc(-c2ccc(CC(=O)Nc3cc(C4(C(F)(F)F)CC4)on3)c(F)c2)cn1. The fourth-order valence-electron chi connectivity index (χ4n) is 4.11. The topological polar surface area (TPSA) is 150 Å². The number of nitrogens with one attached hydrogen (secondary N) is 2. The van der Waals surface area contributed by atoms with Crippen LogP contribution in [0.3, 0.4) is 0 Å². The molecule has 0 radical (unpaired) electrons. The van der Waals surface area contributed by atoms with Crippen molar-refractivity contribution in [3.8, 4) is 11.1 Å². The molecule has 0 bridgehead atoms. The predicted molar refractivity (Wildman–Crippen MR) is 150 cm³/mol. The molecule has 0 saturated heterocycles. The number of carbonyl (C=O) groups excluding carboxylic acids is 1. The average Bonchev–Trinajstić information content (AvgIpc) is 3.68. The smallest absolute Gasteiger partial charge is 0.401 e. The summed E-state index contributed by atoms with van der Waals surface area (Å²) in [7, 11) is 1.60. The van der Waals surface area contributed by atoms with Crippen LogP contribution in [-0.2, 0) is 26.1 Å². The van der Waals surface area contributed by atoms with E-state index < -0.39 is 23.3 Å². The molecule has 11 nitrogen and oxygen atoms in total. The number of allylic oxidation sites excluding steroid dienone is 1. The Balaban J connectivity index is 1.32. The number of aromatic nitrogens is 3. The molecule has 0 atom stereocenters. The fourth-order valence-corrected chi connectivity index (χ4v) is 4.11. The molecule has 1 amide bonds. The number of carbonyl (C=O) groups is 1. The number of amides is 1. The van der Waals surface area contributed by atoms with Gasteiger partial charge in [0.1, 0.15) is 11.2 Å². The zero-order valence-electron chi connectivity index (χ0n) is 23.5. The van der Waals surface area contributed by atoms with E-state index in [1.54, 1.807) is 20.1 Å². The number of nitrogens with zero attached hydrogens (tertiary/aromatic N) is 4. The van der Waals surface area contributed by atoms with Crippen LogP contribution in [0.15, 0.2) is 58.1 Å². The van der Waals surface area contributed by atoms with Crippen LogP contribution in [-0.4, -0.2) is 66.4 Å². The summed E-state index contributed by atoms with van der Waals surface area (Å²) in [5.74, 6) is -1.59. The summed E-state index contributed by atoms with van der Waals surface area (Å²) in [5.41, 5.74) is 5.88. The molecule has 1 aromatic carbocycles. The minimum absolute atomic E-state index is 0.0784. The Morgan fingerprint density at radius 3 is 2.51 bits per heavy atom. The van der Waals surface area contributed by atoms with Crippen molar-refractivity contribution in [3.05, 3.63) is 65.7 Å². The summed E-state index contributed by atoms with van der Waals surface area (Å²) >= 11 is 0. The summed E-state index contributed by atoms with van der Waals surface area (Å²) in [5, 5.41) is 8.85. The highest BCUT2D eigenvalue weighted by Crippen LogP contribution is 2.59. The second kappa shape index (κ2) is 13.7. The van der Waals surface area contributed by atoms with E-state index in [0.29, 0.717) is 48.9 Å². The van der Waals surface area contributed by atoms with Crippen molar-refractivity contribution in [1.29, 1.82) is 0 Å². The van der Waals surface area contributed by atoms with E-state index in [1.807, 2.05) is 0 Å². The molecule has 1 aliphatic rings. The molecule has 43 heavy (non-hydrogen) atoms. The van der Waals surface area contributed by atoms with Crippen LogP contribution in [0.4, 0.5) is 29.3 Å². The number of methoxy groups -OCH3 is 1. The van der Waals surface area contributed by atoms with E-state index in [-0.39, 0.29) is 42.4 Å². The normalized spacial score (nSPS) is 14.9. The largest absolute Gasteiger partial charge is 0.403 e. The number of benzene rings is 1. The zero-order chi connectivity index (χ0) is 31.0. The molecular formula is C28H31F4N7O4. The zero-order valence-corrected chi connectivity index (χ0v) is 23.5. The van der Waals surface area contributed by atoms with Crippen LogP contribution in [0.1, 0.15) is 31.1 Å². The number of hydrogen-bond acceptors (Lipinski definition) is 10. The van der Waals surface area contributed by atoms with Crippen LogP contribution in [0, 0.1) is 5.82 Å². The lowest BCUT2D eigenvalue weighted by atomic mass is 10.0. The number of ether oxygens (including phenoxy) is 2. The molecule has 15 heteroatoms.